The molecule has 1 heterocycles. The Labute approximate surface area is 179 Å². The number of aromatic nitrogens is 1. The van der Waals surface area contributed by atoms with E-state index in [4.69, 9.17) is 5.11 Å². The highest BCUT2D eigenvalue weighted by molar-refractivity contribution is 6.05. The number of aliphatic carboxylic acids is 1. The van der Waals surface area contributed by atoms with Gasteiger partial charge < -0.3 is 26.0 Å². The number of carboxylic acid groups (broad SMARTS) is 1. The van der Waals surface area contributed by atoms with Crippen molar-refractivity contribution in [3.8, 4) is 11.6 Å². The molecule has 1 aromatic heterocycles. The quantitative estimate of drug-likeness (QED) is 0.454. The zero-order chi connectivity index (χ0) is 22.5. The lowest BCUT2D eigenvalue weighted by molar-refractivity contribution is -0.135. The van der Waals surface area contributed by atoms with E-state index in [0.717, 1.165) is 55.9 Å². The maximum Gasteiger partial charge on any atom is 0.322 e. The molecule has 3 rings (SSSR count). The van der Waals surface area contributed by atoms with E-state index in [0.29, 0.717) is 12.8 Å². The lowest BCUT2D eigenvalue weighted by atomic mass is 9.94. The number of carbonyl (C=O) groups excluding carboxylic acids is 2. The van der Waals surface area contributed by atoms with Crippen LogP contribution in [-0.4, -0.2) is 50.3 Å². The highest BCUT2D eigenvalue weighted by Gasteiger charge is 2.33. The van der Waals surface area contributed by atoms with Crippen LogP contribution in [0.1, 0.15) is 91.0 Å². The second-order valence-electron chi connectivity index (χ2n) is 8.27. The van der Waals surface area contributed by atoms with E-state index >= 15 is 0 Å². The SMILES string of the molecule is O=C(O)CNC(=O)c1c(O)c(C(=O)NC2CCCCC2)c(O)n(C2CCCCC2)c1=O. The summed E-state index contributed by atoms with van der Waals surface area (Å²) in [6.07, 6.45) is 8.29. The Morgan fingerprint density at radius 3 is 2.03 bits per heavy atom. The van der Waals surface area contributed by atoms with Gasteiger partial charge in [0.05, 0.1) is 0 Å². The highest BCUT2D eigenvalue weighted by Crippen LogP contribution is 2.35. The summed E-state index contributed by atoms with van der Waals surface area (Å²) in [5.74, 6) is -4.81. The van der Waals surface area contributed by atoms with Crippen LogP contribution in [0.5, 0.6) is 11.6 Å². The first-order chi connectivity index (χ1) is 14.8. The molecule has 170 valence electrons. The van der Waals surface area contributed by atoms with E-state index in [9.17, 15) is 29.4 Å². The van der Waals surface area contributed by atoms with Crippen LogP contribution in [0.2, 0.25) is 0 Å². The average Bonchev–Trinajstić information content (AvgIpc) is 2.73. The summed E-state index contributed by atoms with van der Waals surface area (Å²) >= 11 is 0. The topological polar surface area (TPSA) is 158 Å². The number of rotatable bonds is 6. The van der Waals surface area contributed by atoms with E-state index in [2.05, 4.69) is 10.6 Å². The molecule has 0 saturated heterocycles. The number of amides is 2. The lowest BCUT2D eigenvalue weighted by Gasteiger charge is -2.27. The first-order valence-electron chi connectivity index (χ1n) is 10.8. The van der Waals surface area contributed by atoms with Gasteiger partial charge in [-0.05, 0) is 25.7 Å². The van der Waals surface area contributed by atoms with Gasteiger partial charge in [-0.3, -0.25) is 23.7 Å². The summed E-state index contributed by atoms with van der Waals surface area (Å²) in [6.45, 7) is -0.758. The molecular formula is C21H29N3O7. The van der Waals surface area contributed by atoms with Crippen molar-refractivity contribution >= 4 is 17.8 Å². The van der Waals surface area contributed by atoms with Gasteiger partial charge in [-0.1, -0.05) is 38.5 Å². The van der Waals surface area contributed by atoms with Crippen molar-refractivity contribution in [2.45, 2.75) is 76.3 Å². The van der Waals surface area contributed by atoms with Gasteiger partial charge in [0, 0.05) is 12.1 Å². The summed E-state index contributed by atoms with van der Waals surface area (Å²) in [7, 11) is 0. The molecule has 0 bridgehead atoms. The predicted molar refractivity (Wildman–Crippen MR) is 110 cm³/mol. The van der Waals surface area contributed by atoms with Gasteiger partial charge in [0.2, 0.25) is 5.88 Å². The van der Waals surface area contributed by atoms with Gasteiger partial charge in [0.1, 0.15) is 17.7 Å². The Hall–Kier alpha value is -3.04. The summed E-state index contributed by atoms with van der Waals surface area (Å²) in [5.41, 5.74) is -2.21. The second-order valence-corrected chi connectivity index (χ2v) is 8.27. The Morgan fingerprint density at radius 1 is 0.871 bits per heavy atom. The fraction of sp³-hybridized carbons (Fsp3) is 0.619. The van der Waals surface area contributed by atoms with E-state index in [1.54, 1.807) is 0 Å². The van der Waals surface area contributed by atoms with Crippen molar-refractivity contribution in [1.29, 1.82) is 0 Å². The third kappa shape index (κ3) is 5.00. The van der Waals surface area contributed by atoms with Crippen LogP contribution >= 0.6 is 0 Å². The molecule has 2 fully saturated rings. The minimum Gasteiger partial charge on any atom is -0.506 e. The molecule has 2 amide bonds. The van der Waals surface area contributed by atoms with Crippen molar-refractivity contribution in [1.82, 2.24) is 15.2 Å². The molecule has 0 aromatic carbocycles. The molecular weight excluding hydrogens is 406 g/mol. The first-order valence-corrected chi connectivity index (χ1v) is 10.8. The zero-order valence-corrected chi connectivity index (χ0v) is 17.4. The molecule has 10 heteroatoms. The van der Waals surface area contributed by atoms with Gasteiger partial charge in [0.25, 0.3) is 17.4 Å². The normalized spacial score (nSPS) is 17.8. The minimum absolute atomic E-state index is 0.126. The molecule has 0 unspecified atom stereocenters. The maximum atomic E-state index is 13.1. The van der Waals surface area contributed by atoms with Gasteiger partial charge in [-0.25, -0.2) is 0 Å². The van der Waals surface area contributed by atoms with Crippen molar-refractivity contribution in [2.75, 3.05) is 6.54 Å². The zero-order valence-electron chi connectivity index (χ0n) is 17.4. The number of pyridine rings is 1. The first kappa shape index (κ1) is 22.6. The molecule has 0 radical (unpaired) electrons. The fourth-order valence-electron chi connectivity index (χ4n) is 4.51. The number of nitrogens with one attached hydrogen (secondary N) is 2. The van der Waals surface area contributed by atoms with Gasteiger partial charge in [-0.15, -0.1) is 0 Å². The summed E-state index contributed by atoms with van der Waals surface area (Å²) in [5, 5.41) is 35.2. The Kier molecular flexibility index (Phi) is 7.19. The van der Waals surface area contributed by atoms with Crippen molar-refractivity contribution in [3.63, 3.8) is 0 Å². The van der Waals surface area contributed by atoms with Crippen LogP contribution in [0.25, 0.3) is 0 Å². The number of aromatic hydroxyl groups is 2. The second kappa shape index (κ2) is 9.84. The van der Waals surface area contributed by atoms with Gasteiger partial charge >= 0.3 is 5.97 Å². The minimum atomic E-state index is -1.32. The molecule has 0 atom stereocenters. The third-order valence-electron chi connectivity index (χ3n) is 6.09. The van der Waals surface area contributed by atoms with Crippen LogP contribution in [-0.2, 0) is 4.79 Å². The summed E-state index contributed by atoms with van der Waals surface area (Å²) in [4.78, 5) is 49.4. The van der Waals surface area contributed by atoms with Crippen LogP contribution in [0.15, 0.2) is 4.79 Å². The van der Waals surface area contributed by atoms with E-state index in [-0.39, 0.29) is 6.04 Å². The van der Waals surface area contributed by atoms with E-state index in [1.165, 1.54) is 0 Å². The molecule has 5 N–H and O–H groups in total. The van der Waals surface area contributed by atoms with Crippen LogP contribution < -0.4 is 16.2 Å². The summed E-state index contributed by atoms with van der Waals surface area (Å²) < 4.78 is 1.00. The predicted octanol–water partition coefficient (Wildman–Crippen LogP) is 1.64. The number of nitrogens with zero attached hydrogens (tertiary/aromatic N) is 1. The standard InChI is InChI=1S/C21H29N3O7/c25-14(26)11-22-18(28)15-17(27)16(19(29)23-12-7-3-1-4-8-12)21(31)24(20(15)30)13-9-5-2-6-10-13/h12-13,27,31H,1-11H2,(H,22,28)(H,23,29)(H,25,26). The maximum absolute atomic E-state index is 13.1. The Morgan fingerprint density at radius 2 is 1.45 bits per heavy atom. The molecule has 1 aromatic rings. The number of hydrogen-bond donors (Lipinski definition) is 5. The molecule has 0 aliphatic heterocycles. The van der Waals surface area contributed by atoms with Crippen LogP contribution in [0.4, 0.5) is 0 Å². The molecule has 0 spiro atoms. The van der Waals surface area contributed by atoms with Crippen LogP contribution in [0, 0.1) is 0 Å². The lowest BCUT2D eigenvalue weighted by Crippen LogP contribution is -2.40. The van der Waals surface area contributed by atoms with Crippen molar-refractivity contribution < 1.29 is 29.7 Å². The van der Waals surface area contributed by atoms with Crippen molar-refractivity contribution in [2.24, 2.45) is 0 Å². The molecule has 31 heavy (non-hydrogen) atoms. The average molecular weight is 435 g/mol. The van der Waals surface area contributed by atoms with Crippen molar-refractivity contribution in [3.05, 3.63) is 21.5 Å². The van der Waals surface area contributed by atoms with E-state index in [1.807, 2.05) is 0 Å². The van der Waals surface area contributed by atoms with Gasteiger partial charge in [0.15, 0.2) is 5.75 Å². The van der Waals surface area contributed by atoms with Crippen LogP contribution in [0.3, 0.4) is 0 Å². The number of carboxylic acids is 1. The fourth-order valence-corrected chi connectivity index (χ4v) is 4.51. The Balaban J connectivity index is 2.06. The smallest absolute Gasteiger partial charge is 0.322 e. The number of carbonyl (C=O) groups is 3. The third-order valence-corrected chi connectivity index (χ3v) is 6.09. The van der Waals surface area contributed by atoms with Gasteiger partial charge in [-0.2, -0.15) is 0 Å². The highest BCUT2D eigenvalue weighted by atomic mass is 16.4. The molecule has 10 nitrogen and oxygen atoms in total. The molecule has 2 aliphatic rings. The molecule has 2 saturated carbocycles. The monoisotopic (exact) mass is 435 g/mol. The Bertz CT molecular complexity index is 913. The molecule has 2 aliphatic carbocycles. The summed E-state index contributed by atoms with van der Waals surface area (Å²) in [6, 6.07) is -0.548. The number of hydrogen-bond acceptors (Lipinski definition) is 6. The largest absolute Gasteiger partial charge is 0.506 e. The van der Waals surface area contributed by atoms with E-state index < -0.39 is 58.7 Å².